The van der Waals surface area contributed by atoms with Gasteiger partial charge in [0.05, 0.1) is 34.9 Å². The number of aliphatic hydroxyl groups excluding tert-OH is 3. The van der Waals surface area contributed by atoms with E-state index < -0.39 is 12.4 Å². The summed E-state index contributed by atoms with van der Waals surface area (Å²) in [5, 5.41) is 42.3. The number of methoxy groups -OCH3 is 1. The fourth-order valence-corrected chi connectivity index (χ4v) is 6.95. The molecule has 2 atom stereocenters. The van der Waals surface area contributed by atoms with Gasteiger partial charge >= 0.3 is 0 Å². The number of piperidine rings is 1. The van der Waals surface area contributed by atoms with Gasteiger partial charge in [0.25, 0.3) is 0 Å². The van der Waals surface area contributed by atoms with E-state index in [0.29, 0.717) is 46.0 Å². The van der Waals surface area contributed by atoms with E-state index in [-0.39, 0.29) is 32.3 Å². The molecule has 5 rings (SSSR count). The molecule has 4 N–H and O–H groups in total. The first-order chi connectivity index (χ1) is 26.2. The first-order valence-corrected chi connectivity index (χ1v) is 18.8. The third-order valence-corrected chi connectivity index (χ3v) is 10.3. The van der Waals surface area contributed by atoms with Crippen LogP contribution in [0, 0.1) is 24.2 Å². The van der Waals surface area contributed by atoms with E-state index in [1.165, 1.54) is 6.20 Å². The number of likely N-dealkylation sites (tertiary alicyclic amines) is 1. The van der Waals surface area contributed by atoms with Crippen LogP contribution in [-0.2, 0) is 24.5 Å². The Morgan fingerprint density at radius 1 is 0.944 bits per heavy atom. The molecule has 1 unspecified atom stereocenters. The zero-order chi connectivity index (χ0) is 38.5. The zero-order valence-electron chi connectivity index (χ0n) is 30.6. The number of nitriles is 1. The van der Waals surface area contributed by atoms with E-state index >= 15 is 0 Å². The molecule has 1 fully saturated rings. The van der Waals surface area contributed by atoms with Crippen molar-refractivity contribution in [3.05, 3.63) is 105 Å². The SMILES string of the molecule is COC(O)C1CCN(CCCOc2cccc(-c3cccc(COc4cc(OCc5cncc(C#N)c5)c(CNC[C@H](O)CO)cc4Cl)c3C)c2Cl)CC1. The molecule has 4 aromatic rings. The summed E-state index contributed by atoms with van der Waals surface area (Å²) >= 11 is 13.7. The van der Waals surface area contributed by atoms with E-state index in [1.807, 2.05) is 43.3 Å². The summed E-state index contributed by atoms with van der Waals surface area (Å²) < 4.78 is 23.7. The van der Waals surface area contributed by atoms with Crippen LogP contribution < -0.4 is 19.5 Å². The lowest BCUT2D eigenvalue weighted by Gasteiger charge is -2.33. The van der Waals surface area contributed by atoms with Crippen molar-refractivity contribution in [2.45, 2.75) is 58.3 Å². The first kappa shape index (κ1) is 41.2. The molecule has 1 saturated heterocycles. The lowest BCUT2D eigenvalue weighted by molar-refractivity contribution is -0.124. The summed E-state index contributed by atoms with van der Waals surface area (Å²) in [5.41, 5.74) is 5.63. The molecule has 11 nitrogen and oxygen atoms in total. The van der Waals surface area contributed by atoms with E-state index in [0.717, 1.165) is 72.3 Å². The molecule has 3 aromatic carbocycles. The molecular weight excluding hydrogens is 731 g/mol. The summed E-state index contributed by atoms with van der Waals surface area (Å²) in [5.74, 6) is 1.74. The van der Waals surface area contributed by atoms with Gasteiger partial charge < -0.3 is 44.5 Å². The maximum absolute atomic E-state index is 9.96. The van der Waals surface area contributed by atoms with E-state index in [1.54, 1.807) is 31.5 Å². The van der Waals surface area contributed by atoms with Crippen LogP contribution in [-0.4, -0.2) is 84.1 Å². The summed E-state index contributed by atoms with van der Waals surface area (Å²) in [4.78, 5) is 6.51. The Bertz CT molecular complexity index is 1870. The summed E-state index contributed by atoms with van der Waals surface area (Å²) in [6.45, 7) is 5.84. The van der Waals surface area contributed by atoms with E-state index in [4.69, 9.17) is 42.1 Å². The second-order valence-corrected chi connectivity index (χ2v) is 14.1. The van der Waals surface area contributed by atoms with Gasteiger partial charge in [-0.1, -0.05) is 53.5 Å². The Balaban J connectivity index is 1.24. The van der Waals surface area contributed by atoms with Crippen LogP contribution in [0.2, 0.25) is 10.0 Å². The second kappa shape index (κ2) is 20.6. The van der Waals surface area contributed by atoms with Gasteiger partial charge in [0.2, 0.25) is 0 Å². The minimum absolute atomic E-state index is 0.153. The molecule has 0 aliphatic carbocycles. The number of nitrogens with zero attached hydrogens (tertiary/aromatic N) is 3. The minimum Gasteiger partial charge on any atom is -0.492 e. The lowest BCUT2D eigenvalue weighted by Crippen LogP contribution is -2.39. The van der Waals surface area contributed by atoms with Crippen LogP contribution in [0.25, 0.3) is 11.1 Å². The monoisotopic (exact) mass is 778 g/mol. The number of hydrogen-bond donors (Lipinski definition) is 4. The molecule has 0 saturated carbocycles. The van der Waals surface area contributed by atoms with Gasteiger partial charge in [0.1, 0.15) is 36.5 Å². The largest absolute Gasteiger partial charge is 0.492 e. The number of nitrogens with one attached hydrogen (secondary N) is 1. The third kappa shape index (κ3) is 11.3. The molecule has 288 valence electrons. The smallest absolute Gasteiger partial charge is 0.157 e. The van der Waals surface area contributed by atoms with Crippen molar-refractivity contribution in [1.29, 1.82) is 5.26 Å². The standard InChI is InChI=1S/C41H48Cl2N4O7/c1-27-31(6-3-7-34(27)35-8-4-9-37(40(35)43)52-15-5-12-47-13-10-30(11-14-47)41(50)51-2)26-54-39-18-38(53-25-29-16-28(19-44)20-45-21-29)32(17-36(39)42)22-46-23-33(49)24-48/h3-4,6-9,16-18,20-21,30,33,41,46,48-50H,5,10-15,22-26H2,1-2H3/t33-,41?/m0/s1. The highest BCUT2D eigenvalue weighted by atomic mass is 35.5. The minimum atomic E-state index is -0.904. The highest BCUT2D eigenvalue weighted by molar-refractivity contribution is 6.35. The summed E-state index contributed by atoms with van der Waals surface area (Å²) in [7, 11) is 1.54. The Labute approximate surface area is 327 Å². The second-order valence-electron chi connectivity index (χ2n) is 13.3. The topological polar surface area (TPSA) is 150 Å². The Hall–Kier alpha value is -3.96. The maximum Gasteiger partial charge on any atom is 0.157 e. The van der Waals surface area contributed by atoms with E-state index in [2.05, 4.69) is 21.3 Å². The highest BCUT2D eigenvalue weighted by Gasteiger charge is 2.25. The van der Waals surface area contributed by atoms with Gasteiger partial charge in [0.15, 0.2) is 6.29 Å². The van der Waals surface area contributed by atoms with Crippen molar-refractivity contribution in [3.8, 4) is 34.4 Å². The van der Waals surface area contributed by atoms with Crippen LogP contribution >= 0.6 is 23.2 Å². The molecule has 2 heterocycles. The predicted molar refractivity (Wildman–Crippen MR) is 208 cm³/mol. The molecule has 0 bridgehead atoms. The fourth-order valence-electron chi connectivity index (χ4n) is 6.43. The first-order valence-electron chi connectivity index (χ1n) is 18.1. The van der Waals surface area contributed by atoms with Crippen LogP contribution in [0.5, 0.6) is 17.2 Å². The normalized spacial score (nSPS) is 14.7. The Kier molecular flexibility index (Phi) is 15.8. The van der Waals surface area contributed by atoms with Crippen molar-refractivity contribution in [2.24, 2.45) is 5.92 Å². The summed E-state index contributed by atoms with van der Waals surface area (Å²) in [6.07, 6.45) is 4.21. The molecular formula is C41H48Cl2N4O7. The average Bonchev–Trinajstić information content (AvgIpc) is 3.19. The Morgan fingerprint density at radius 3 is 2.46 bits per heavy atom. The predicted octanol–water partition coefficient (Wildman–Crippen LogP) is 6.28. The zero-order valence-corrected chi connectivity index (χ0v) is 32.2. The van der Waals surface area contributed by atoms with Gasteiger partial charge in [-0.25, -0.2) is 0 Å². The number of hydrogen-bond acceptors (Lipinski definition) is 11. The number of rotatable bonds is 19. The van der Waals surface area contributed by atoms with Crippen LogP contribution in [0.1, 0.15) is 47.1 Å². The van der Waals surface area contributed by atoms with Gasteiger partial charge in [-0.05, 0) is 74.2 Å². The van der Waals surface area contributed by atoms with E-state index in [9.17, 15) is 20.6 Å². The number of halogens is 2. The van der Waals surface area contributed by atoms with Crippen molar-refractivity contribution < 1.29 is 34.3 Å². The van der Waals surface area contributed by atoms with Crippen molar-refractivity contribution in [2.75, 3.05) is 46.5 Å². The molecule has 13 heteroatoms. The number of ether oxygens (including phenoxy) is 4. The van der Waals surface area contributed by atoms with Gasteiger partial charge in [-0.15, -0.1) is 0 Å². The lowest BCUT2D eigenvalue weighted by atomic mass is 9.96. The number of aliphatic hydroxyl groups is 3. The van der Waals surface area contributed by atoms with Crippen molar-refractivity contribution in [1.82, 2.24) is 15.2 Å². The number of benzene rings is 3. The number of aromatic nitrogens is 1. The highest BCUT2D eigenvalue weighted by Crippen LogP contribution is 2.39. The third-order valence-electron chi connectivity index (χ3n) is 9.58. The molecule has 1 aromatic heterocycles. The molecule has 54 heavy (non-hydrogen) atoms. The fraction of sp³-hybridized carbons (Fsp3) is 0.415. The van der Waals surface area contributed by atoms with Crippen molar-refractivity contribution in [3.63, 3.8) is 0 Å². The van der Waals surface area contributed by atoms with Gasteiger partial charge in [-0.3, -0.25) is 4.98 Å². The number of pyridine rings is 1. The quantitative estimate of drug-likeness (QED) is 0.0630. The average molecular weight is 780 g/mol. The molecule has 0 spiro atoms. The summed E-state index contributed by atoms with van der Waals surface area (Å²) in [6, 6.07) is 19.1. The molecule has 1 aliphatic heterocycles. The molecule has 0 amide bonds. The van der Waals surface area contributed by atoms with Crippen LogP contribution in [0.15, 0.2) is 67.0 Å². The molecule has 1 aliphatic rings. The van der Waals surface area contributed by atoms with Crippen LogP contribution in [0.3, 0.4) is 0 Å². The maximum atomic E-state index is 9.96. The van der Waals surface area contributed by atoms with Crippen molar-refractivity contribution >= 4 is 23.2 Å². The Morgan fingerprint density at radius 2 is 1.70 bits per heavy atom. The van der Waals surface area contributed by atoms with Crippen LogP contribution in [0.4, 0.5) is 0 Å². The molecule has 0 radical (unpaired) electrons. The van der Waals surface area contributed by atoms with Gasteiger partial charge in [0, 0.05) is 67.8 Å². The van der Waals surface area contributed by atoms with Gasteiger partial charge in [-0.2, -0.15) is 5.26 Å².